The standard InChI is InChI=1S/C13H17N3O2S/c1-3-19(17,18)13-6-4-5-11(8-13)10(2)7-12-9-14-16-15-12/h4-6,8-10H,3,7H2,1-2H3,(H,14,15,16). The van der Waals surface area contributed by atoms with Crippen LogP contribution in [-0.2, 0) is 16.3 Å². The third-order valence-electron chi connectivity index (χ3n) is 3.15. The summed E-state index contributed by atoms with van der Waals surface area (Å²) in [6.45, 7) is 3.70. The van der Waals surface area contributed by atoms with E-state index in [9.17, 15) is 8.42 Å². The van der Waals surface area contributed by atoms with Crippen LogP contribution in [0.2, 0.25) is 0 Å². The number of hydrogen-bond acceptors (Lipinski definition) is 4. The zero-order chi connectivity index (χ0) is 13.9. The molecule has 19 heavy (non-hydrogen) atoms. The predicted octanol–water partition coefficient (Wildman–Crippen LogP) is 1.94. The lowest BCUT2D eigenvalue weighted by atomic mass is 9.97. The van der Waals surface area contributed by atoms with Crippen LogP contribution in [0, 0.1) is 0 Å². The number of aromatic amines is 1. The Hall–Kier alpha value is -1.69. The van der Waals surface area contributed by atoms with Gasteiger partial charge in [0.1, 0.15) is 0 Å². The predicted molar refractivity (Wildman–Crippen MR) is 72.7 cm³/mol. The summed E-state index contributed by atoms with van der Waals surface area (Å²) in [6, 6.07) is 7.13. The molecule has 0 spiro atoms. The van der Waals surface area contributed by atoms with E-state index in [4.69, 9.17) is 0 Å². The minimum atomic E-state index is -3.15. The summed E-state index contributed by atoms with van der Waals surface area (Å²) >= 11 is 0. The van der Waals surface area contributed by atoms with Crippen molar-refractivity contribution in [2.45, 2.75) is 31.1 Å². The number of sulfone groups is 1. The summed E-state index contributed by atoms with van der Waals surface area (Å²) < 4.78 is 23.7. The highest BCUT2D eigenvalue weighted by Gasteiger charge is 2.14. The van der Waals surface area contributed by atoms with Gasteiger partial charge in [0, 0.05) is 0 Å². The van der Waals surface area contributed by atoms with Crippen molar-refractivity contribution in [3.8, 4) is 0 Å². The van der Waals surface area contributed by atoms with Crippen molar-refractivity contribution in [2.75, 3.05) is 5.75 Å². The first-order valence-electron chi connectivity index (χ1n) is 6.20. The molecule has 1 atom stereocenters. The highest BCUT2D eigenvalue weighted by molar-refractivity contribution is 7.91. The van der Waals surface area contributed by atoms with Crippen molar-refractivity contribution in [3.63, 3.8) is 0 Å². The van der Waals surface area contributed by atoms with Crippen molar-refractivity contribution in [1.82, 2.24) is 15.4 Å². The molecule has 102 valence electrons. The van der Waals surface area contributed by atoms with E-state index in [1.54, 1.807) is 31.3 Å². The van der Waals surface area contributed by atoms with Crippen molar-refractivity contribution in [3.05, 3.63) is 41.7 Å². The van der Waals surface area contributed by atoms with Crippen LogP contribution in [0.1, 0.15) is 31.0 Å². The molecule has 2 aromatic rings. The Morgan fingerprint density at radius 2 is 2.16 bits per heavy atom. The fourth-order valence-corrected chi connectivity index (χ4v) is 2.87. The average Bonchev–Trinajstić information content (AvgIpc) is 2.91. The molecule has 1 heterocycles. The lowest BCUT2D eigenvalue weighted by Gasteiger charge is -2.11. The Morgan fingerprint density at radius 1 is 1.37 bits per heavy atom. The number of H-pyrrole nitrogens is 1. The summed E-state index contributed by atoms with van der Waals surface area (Å²) in [4.78, 5) is 0.388. The summed E-state index contributed by atoms with van der Waals surface area (Å²) in [6.07, 6.45) is 2.41. The second-order valence-electron chi connectivity index (χ2n) is 4.54. The lowest BCUT2D eigenvalue weighted by Crippen LogP contribution is -2.06. The molecule has 1 aromatic heterocycles. The summed E-state index contributed by atoms with van der Waals surface area (Å²) in [5, 5.41) is 10.4. The van der Waals surface area contributed by atoms with Gasteiger partial charge in [0.15, 0.2) is 9.84 Å². The van der Waals surface area contributed by atoms with Crippen LogP contribution in [0.3, 0.4) is 0 Å². The topological polar surface area (TPSA) is 75.7 Å². The molecule has 0 bridgehead atoms. The Morgan fingerprint density at radius 3 is 2.79 bits per heavy atom. The monoisotopic (exact) mass is 279 g/mol. The van der Waals surface area contributed by atoms with E-state index in [0.29, 0.717) is 4.90 Å². The Labute approximate surface area is 113 Å². The lowest BCUT2D eigenvalue weighted by molar-refractivity contribution is 0.597. The Kier molecular flexibility index (Phi) is 3.99. The van der Waals surface area contributed by atoms with Gasteiger partial charge in [-0.1, -0.05) is 26.0 Å². The molecule has 1 N–H and O–H groups in total. The first-order valence-corrected chi connectivity index (χ1v) is 7.85. The normalized spacial score (nSPS) is 13.4. The summed E-state index contributed by atoms with van der Waals surface area (Å²) in [5.41, 5.74) is 1.87. The van der Waals surface area contributed by atoms with E-state index in [-0.39, 0.29) is 11.7 Å². The third kappa shape index (κ3) is 3.20. The maximum Gasteiger partial charge on any atom is 0.178 e. The molecule has 1 unspecified atom stereocenters. The molecule has 0 aliphatic rings. The van der Waals surface area contributed by atoms with Gasteiger partial charge in [-0.25, -0.2) is 8.42 Å². The molecule has 0 aliphatic carbocycles. The van der Waals surface area contributed by atoms with Crippen molar-refractivity contribution < 1.29 is 8.42 Å². The van der Waals surface area contributed by atoms with Gasteiger partial charge in [0.25, 0.3) is 0 Å². The second-order valence-corrected chi connectivity index (χ2v) is 6.82. The molecule has 0 amide bonds. The van der Waals surface area contributed by atoms with Gasteiger partial charge in [-0.3, -0.25) is 0 Å². The van der Waals surface area contributed by atoms with Crippen LogP contribution in [0.4, 0.5) is 0 Å². The minimum absolute atomic E-state index is 0.119. The number of aromatic nitrogens is 3. The molecule has 2 rings (SSSR count). The highest BCUT2D eigenvalue weighted by Crippen LogP contribution is 2.22. The Bertz CT molecular complexity index is 636. The molecule has 5 nitrogen and oxygen atoms in total. The van der Waals surface area contributed by atoms with Gasteiger partial charge in [0.05, 0.1) is 22.5 Å². The van der Waals surface area contributed by atoms with Gasteiger partial charge in [-0.05, 0) is 30.0 Å². The molecule has 1 aromatic carbocycles. The molecule has 0 saturated carbocycles. The summed E-state index contributed by atoms with van der Waals surface area (Å²) in [5.74, 6) is 0.311. The molecule has 0 aliphatic heterocycles. The number of nitrogens with one attached hydrogen (secondary N) is 1. The van der Waals surface area contributed by atoms with Gasteiger partial charge < -0.3 is 0 Å². The van der Waals surface area contributed by atoms with E-state index < -0.39 is 9.84 Å². The first-order chi connectivity index (χ1) is 9.03. The average molecular weight is 279 g/mol. The zero-order valence-corrected chi connectivity index (χ0v) is 11.8. The van der Waals surface area contributed by atoms with Crippen LogP contribution in [0.15, 0.2) is 35.4 Å². The van der Waals surface area contributed by atoms with Crippen LogP contribution in [0.5, 0.6) is 0 Å². The zero-order valence-electron chi connectivity index (χ0n) is 11.0. The number of benzene rings is 1. The van der Waals surface area contributed by atoms with Gasteiger partial charge >= 0.3 is 0 Å². The van der Waals surface area contributed by atoms with Crippen molar-refractivity contribution in [2.24, 2.45) is 0 Å². The summed E-state index contributed by atoms with van der Waals surface area (Å²) in [7, 11) is -3.15. The van der Waals surface area contributed by atoms with E-state index in [0.717, 1.165) is 17.7 Å². The first kappa shape index (κ1) is 13.7. The SMILES string of the molecule is CCS(=O)(=O)c1cccc(C(C)Cc2cn[nH]n2)c1. The molecular formula is C13H17N3O2S. The molecule has 0 saturated heterocycles. The maximum absolute atomic E-state index is 11.9. The van der Waals surface area contributed by atoms with Gasteiger partial charge in [-0.15, -0.1) is 0 Å². The number of hydrogen-bond donors (Lipinski definition) is 1. The van der Waals surface area contributed by atoms with Gasteiger partial charge in [0.2, 0.25) is 0 Å². The van der Waals surface area contributed by atoms with Crippen LogP contribution >= 0.6 is 0 Å². The molecule has 0 fully saturated rings. The van der Waals surface area contributed by atoms with Crippen LogP contribution in [0.25, 0.3) is 0 Å². The van der Waals surface area contributed by atoms with Crippen molar-refractivity contribution >= 4 is 9.84 Å². The van der Waals surface area contributed by atoms with E-state index in [1.807, 2.05) is 13.0 Å². The van der Waals surface area contributed by atoms with Crippen molar-refractivity contribution in [1.29, 1.82) is 0 Å². The van der Waals surface area contributed by atoms with E-state index in [1.165, 1.54) is 0 Å². The molecule has 0 radical (unpaired) electrons. The van der Waals surface area contributed by atoms with E-state index >= 15 is 0 Å². The van der Waals surface area contributed by atoms with Crippen LogP contribution in [-0.4, -0.2) is 29.6 Å². The largest absolute Gasteiger partial charge is 0.224 e. The Balaban J connectivity index is 2.23. The molecule has 6 heteroatoms. The maximum atomic E-state index is 11.9. The third-order valence-corrected chi connectivity index (χ3v) is 4.88. The van der Waals surface area contributed by atoms with Crippen LogP contribution < -0.4 is 0 Å². The smallest absolute Gasteiger partial charge is 0.178 e. The quantitative estimate of drug-likeness (QED) is 0.907. The fraction of sp³-hybridized carbons (Fsp3) is 0.385. The number of nitrogens with zero attached hydrogens (tertiary/aromatic N) is 2. The highest BCUT2D eigenvalue weighted by atomic mass is 32.2. The minimum Gasteiger partial charge on any atom is -0.224 e. The fourth-order valence-electron chi connectivity index (χ4n) is 1.94. The molecular weight excluding hydrogens is 262 g/mol. The van der Waals surface area contributed by atoms with Gasteiger partial charge in [-0.2, -0.15) is 15.4 Å². The van der Waals surface area contributed by atoms with E-state index in [2.05, 4.69) is 15.4 Å². The number of rotatable bonds is 5. The second kappa shape index (κ2) is 5.52.